The fourth-order valence-electron chi connectivity index (χ4n) is 2.89. The summed E-state index contributed by atoms with van der Waals surface area (Å²) in [7, 11) is 1.68. The first kappa shape index (κ1) is 17.2. The fourth-order valence-corrected chi connectivity index (χ4v) is 3.08. The summed E-state index contributed by atoms with van der Waals surface area (Å²) in [5, 5.41) is 3.14. The third kappa shape index (κ3) is 3.54. The lowest BCUT2D eigenvalue weighted by Gasteiger charge is -2.28. The van der Waals surface area contributed by atoms with E-state index in [1.807, 2.05) is 0 Å². The molecule has 24 heavy (non-hydrogen) atoms. The number of fused-ring (bicyclic) bond motifs is 1. The van der Waals surface area contributed by atoms with Crippen LogP contribution in [0.15, 0.2) is 12.4 Å². The SMILES string of the molecule is COC1CCC(Nc2ncc3c(Cl)ncc(C(F)(F)F)c3n2)CC1. The highest BCUT2D eigenvalue weighted by Gasteiger charge is 2.34. The van der Waals surface area contributed by atoms with E-state index in [0.29, 0.717) is 6.20 Å². The molecule has 0 bridgehead atoms. The highest BCUT2D eigenvalue weighted by atomic mass is 35.5. The van der Waals surface area contributed by atoms with Crippen molar-refractivity contribution < 1.29 is 17.9 Å². The number of methoxy groups -OCH3 is 1. The monoisotopic (exact) mass is 360 g/mol. The summed E-state index contributed by atoms with van der Waals surface area (Å²) in [6.45, 7) is 0. The predicted molar refractivity (Wildman–Crippen MR) is 84.0 cm³/mol. The summed E-state index contributed by atoms with van der Waals surface area (Å²) in [4.78, 5) is 11.7. The lowest BCUT2D eigenvalue weighted by Crippen LogP contribution is -2.29. The first-order chi connectivity index (χ1) is 11.4. The zero-order valence-electron chi connectivity index (χ0n) is 12.9. The summed E-state index contributed by atoms with van der Waals surface area (Å²) in [6, 6.07) is 0.112. The number of ether oxygens (including phenoxy) is 1. The van der Waals surface area contributed by atoms with Crippen LogP contribution in [0, 0.1) is 0 Å². The van der Waals surface area contributed by atoms with Crippen LogP contribution in [0.25, 0.3) is 10.9 Å². The summed E-state index contributed by atoms with van der Waals surface area (Å²) in [6.07, 6.45) is 1.14. The molecule has 1 aliphatic rings. The number of pyridine rings is 1. The number of aromatic nitrogens is 3. The number of halogens is 4. The maximum absolute atomic E-state index is 13.1. The van der Waals surface area contributed by atoms with Gasteiger partial charge in [-0.1, -0.05) is 11.6 Å². The van der Waals surface area contributed by atoms with Gasteiger partial charge in [0.05, 0.1) is 17.0 Å². The van der Waals surface area contributed by atoms with E-state index >= 15 is 0 Å². The molecule has 0 amide bonds. The number of rotatable bonds is 3. The zero-order chi connectivity index (χ0) is 17.3. The Balaban J connectivity index is 1.88. The van der Waals surface area contributed by atoms with Gasteiger partial charge in [-0.05, 0) is 25.7 Å². The standard InChI is InChI=1S/C15H16ClF3N4O/c1-24-9-4-2-8(3-5-9)22-14-21-6-10-12(23-14)11(15(17,18)19)7-20-13(10)16/h6-9H,2-5H2,1H3,(H,21,22,23). The molecule has 1 aliphatic carbocycles. The molecule has 2 aromatic rings. The molecule has 130 valence electrons. The molecule has 0 aromatic carbocycles. The minimum atomic E-state index is -4.56. The summed E-state index contributed by atoms with van der Waals surface area (Å²) >= 11 is 5.86. The molecular formula is C15H16ClF3N4O. The van der Waals surface area contributed by atoms with E-state index in [1.54, 1.807) is 7.11 Å². The van der Waals surface area contributed by atoms with E-state index < -0.39 is 11.7 Å². The minimum absolute atomic E-state index is 0.0508. The number of nitrogens with one attached hydrogen (secondary N) is 1. The van der Waals surface area contributed by atoms with Gasteiger partial charge in [0.25, 0.3) is 0 Å². The Labute approximate surface area is 141 Å². The molecule has 1 saturated carbocycles. The number of nitrogens with zero attached hydrogens (tertiary/aromatic N) is 3. The van der Waals surface area contributed by atoms with Gasteiger partial charge in [-0.3, -0.25) is 0 Å². The normalized spacial score (nSPS) is 21.9. The Morgan fingerprint density at radius 2 is 1.88 bits per heavy atom. The second-order valence-electron chi connectivity index (χ2n) is 5.77. The predicted octanol–water partition coefficient (Wildman–Crippen LogP) is 4.07. The van der Waals surface area contributed by atoms with Crippen LogP contribution in [0.3, 0.4) is 0 Å². The number of anilines is 1. The average molecular weight is 361 g/mol. The van der Waals surface area contributed by atoms with Crippen molar-refractivity contribution in [3.8, 4) is 0 Å². The van der Waals surface area contributed by atoms with Gasteiger partial charge in [0.15, 0.2) is 0 Å². The largest absolute Gasteiger partial charge is 0.419 e. The van der Waals surface area contributed by atoms with Gasteiger partial charge in [0.2, 0.25) is 5.95 Å². The summed E-state index contributed by atoms with van der Waals surface area (Å²) in [5.41, 5.74) is -1.17. The molecule has 9 heteroatoms. The lowest BCUT2D eigenvalue weighted by molar-refractivity contribution is -0.136. The van der Waals surface area contributed by atoms with Crippen LogP contribution >= 0.6 is 11.6 Å². The third-order valence-electron chi connectivity index (χ3n) is 4.22. The molecule has 0 atom stereocenters. The third-order valence-corrected chi connectivity index (χ3v) is 4.52. The second-order valence-corrected chi connectivity index (χ2v) is 6.13. The lowest BCUT2D eigenvalue weighted by atomic mass is 9.93. The van der Waals surface area contributed by atoms with Gasteiger partial charge in [0, 0.05) is 25.5 Å². The molecule has 0 spiro atoms. The second kappa shape index (κ2) is 6.68. The van der Waals surface area contributed by atoms with Crippen molar-refractivity contribution in [3.05, 3.63) is 23.1 Å². The molecule has 0 unspecified atom stereocenters. The van der Waals surface area contributed by atoms with E-state index in [4.69, 9.17) is 16.3 Å². The zero-order valence-corrected chi connectivity index (χ0v) is 13.7. The molecule has 5 nitrogen and oxygen atoms in total. The number of hydrogen-bond acceptors (Lipinski definition) is 5. The van der Waals surface area contributed by atoms with Crippen molar-refractivity contribution in [1.82, 2.24) is 15.0 Å². The van der Waals surface area contributed by atoms with E-state index in [-0.39, 0.29) is 34.2 Å². The van der Waals surface area contributed by atoms with Crippen molar-refractivity contribution in [2.75, 3.05) is 12.4 Å². The quantitative estimate of drug-likeness (QED) is 0.836. The highest BCUT2D eigenvalue weighted by Crippen LogP contribution is 2.35. The fraction of sp³-hybridized carbons (Fsp3) is 0.533. The van der Waals surface area contributed by atoms with Crippen LogP contribution in [0.4, 0.5) is 19.1 Å². The Hall–Kier alpha value is -1.67. The molecule has 2 aromatic heterocycles. The maximum atomic E-state index is 13.1. The smallest absolute Gasteiger partial charge is 0.381 e. The number of hydrogen-bond donors (Lipinski definition) is 1. The van der Waals surface area contributed by atoms with Gasteiger partial charge in [0.1, 0.15) is 10.7 Å². The first-order valence-corrected chi connectivity index (χ1v) is 7.94. The van der Waals surface area contributed by atoms with Crippen molar-refractivity contribution in [2.24, 2.45) is 0 Å². The molecule has 0 aliphatic heterocycles. The Kier molecular flexibility index (Phi) is 4.78. The maximum Gasteiger partial charge on any atom is 0.419 e. The minimum Gasteiger partial charge on any atom is -0.381 e. The van der Waals surface area contributed by atoms with Gasteiger partial charge < -0.3 is 10.1 Å². The first-order valence-electron chi connectivity index (χ1n) is 7.56. The topological polar surface area (TPSA) is 59.9 Å². The molecule has 0 saturated heterocycles. The highest BCUT2D eigenvalue weighted by molar-refractivity contribution is 6.34. The molecule has 0 radical (unpaired) electrons. The van der Waals surface area contributed by atoms with Gasteiger partial charge in [-0.15, -0.1) is 0 Å². The summed E-state index contributed by atoms with van der Waals surface area (Å²) in [5.74, 6) is 0.163. The van der Waals surface area contributed by atoms with Crippen molar-refractivity contribution in [1.29, 1.82) is 0 Å². The van der Waals surface area contributed by atoms with Crippen LogP contribution in [-0.2, 0) is 10.9 Å². The van der Waals surface area contributed by atoms with Gasteiger partial charge in [-0.2, -0.15) is 13.2 Å². The Bertz CT molecular complexity index is 732. The van der Waals surface area contributed by atoms with Gasteiger partial charge in [-0.25, -0.2) is 15.0 Å². The van der Waals surface area contributed by atoms with E-state index in [0.717, 1.165) is 25.7 Å². The summed E-state index contributed by atoms with van der Waals surface area (Å²) < 4.78 is 44.7. The molecular weight excluding hydrogens is 345 g/mol. The average Bonchev–Trinajstić information content (AvgIpc) is 2.54. The van der Waals surface area contributed by atoms with Gasteiger partial charge >= 0.3 is 6.18 Å². The van der Waals surface area contributed by atoms with E-state index in [1.165, 1.54) is 6.20 Å². The van der Waals surface area contributed by atoms with Crippen LogP contribution in [0.1, 0.15) is 31.2 Å². The Morgan fingerprint density at radius 1 is 1.17 bits per heavy atom. The van der Waals surface area contributed by atoms with Crippen LogP contribution in [-0.4, -0.2) is 34.2 Å². The van der Waals surface area contributed by atoms with Crippen molar-refractivity contribution in [3.63, 3.8) is 0 Å². The molecule has 1 N–H and O–H groups in total. The number of alkyl halides is 3. The Morgan fingerprint density at radius 3 is 2.50 bits per heavy atom. The van der Waals surface area contributed by atoms with Crippen LogP contribution in [0.5, 0.6) is 0 Å². The van der Waals surface area contributed by atoms with E-state index in [2.05, 4.69) is 20.3 Å². The molecule has 3 rings (SSSR count). The molecule has 2 heterocycles. The van der Waals surface area contributed by atoms with Crippen LogP contribution in [0.2, 0.25) is 5.15 Å². The van der Waals surface area contributed by atoms with Crippen molar-refractivity contribution in [2.45, 2.75) is 44.0 Å². The van der Waals surface area contributed by atoms with Crippen LogP contribution < -0.4 is 5.32 Å². The molecule has 1 fully saturated rings. The van der Waals surface area contributed by atoms with E-state index in [9.17, 15) is 13.2 Å². The van der Waals surface area contributed by atoms with Crippen molar-refractivity contribution >= 4 is 28.5 Å².